The van der Waals surface area contributed by atoms with Gasteiger partial charge in [-0.2, -0.15) is 0 Å². The van der Waals surface area contributed by atoms with Gasteiger partial charge in [-0.1, -0.05) is 12.7 Å². The molecular weight excluding hydrogens is 738 g/mol. The first kappa shape index (κ1) is 41.1. The van der Waals surface area contributed by atoms with Crippen LogP contribution in [0.25, 0.3) is 0 Å². The van der Waals surface area contributed by atoms with Gasteiger partial charge in [-0.15, -0.1) is 0 Å². The Morgan fingerprint density at radius 2 is 1.82 bits per heavy atom. The number of nitrogens with one attached hydrogen (secondary N) is 2. The summed E-state index contributed by atoms with van der Waals surface area (Å²) in [6.45, 7) is 4.85. The van der Waals surface area contributed by atoms with Gasteiger partial charge in [0.05, 0.1) is 49.4 Å². The van der Waals surface area contributed by atoms with E-state index in [0.717, 1.165) is 25.7 Å². The Kier molecular flexibility index (Phi) is 13.7. The molecule has 4 heterocycles. The summed E-state index contributed by atoms with van der Waals surface area (Å²) >= 11 is 0. The molecule has 2 saturated heterocycles. The van der Waals surface area contributed by atoms with Crippen molar-refractivity contribution in [3.05, 3.63) is 78.1 Å². The first-order chi connectivity index (χ1) is 27.6. The molecule has 2 aromatic carbocycles. The molecule has 3 unspecified atom stereocenters. The molecule has 57 heavy (non-hydrogen) atoms. The number of hydrogen-bond donors (Lipinski definition) is 3. The SMILES string of the molecule is C=CCOC(=O)N1c2cc(OCCCC(O)Nc3cc(C(=O)Nc4ccc(C(=O)OC)cc4)n(C)c3)c(OC)cc2C(=O)N2CCCC[C@H]2C1OC1CCCCO1. The second-order valence-electron chi connectivity index (χ2n) is 14.0. The third kappa shape index (κ3) is 9.70. The Balaban J connectivity index is 1.13. The molecule has 1 aromatic heterocycles. The molecule has 0 spiro atoms. The van der Waals surface area contributed by atoms with Crippen molar-refractivity contribution in [1.29, 1.82) is 0 Å². The van der Waals surface area contributed by atoms with Gasteiger partial charge >= 0.3 is 12.1 Å². The number of methoxy groups -OCH3 is 2. The summed E-state index contributed by atoms with van der Waals surface area (Å²) in [4.78, 5) is 56.0. The predicted molar refractivity (Wildman–Crippen MR) is 210 cm³/mol. The fourth-order valence-corrected chi connectivity index (χ4v) is 7.28. The first-order valence-corrected chi connectivity index (χ1v) is 19.2. The van der Waals surface area contributed by atoms with E-state index in [1.165, 1.54) is 25.2 Å². The van der Waals surface area contributed by atoms with Gasteiger partial charge in [0.2, 0.25) is 0 Å². The van der Waals surface area contributed by atoms with E-state index < -0.39 is 36.9 Å². The number of amides is 3. The van der Waals surface area contributed by atoms with E-state index in [-0.39, 0.29) is 42.7 Å². The second kappa shape index (κ2) is 19.0. The molecule has 306 valence electrons. The van der Waals surface area contributed by atoms with Crippen molar-refractivity contribution in [1.82, 2.24) is 9.47 Å². The highest BCUT2D eigenvalue weighted by atomic mass is 16.7. The van der Waals surface area contributed by atoms with Gasteiger partial charge in [0.25, 0.3) is 11.8 Å². The summed E-state index contributed by atoms with van der Waals surface area (Å²) in [5.74, 6) is -0.503. The van der Waals surface area contributed by atoms with Gasteiger partial charge in [-0.25, -0.2) is 14.5 Å². The normalized spacial score (nSPS) is 19.6. The molecule has 6 rings (SSSR count). The average molecular weight is 790 g/mol. The van der Waals surface area contributed by atoms with Crippen molar-refractivity contribution < 1.29 is 52.7 Å². The zero-order chi connectivity index (χ0) is 40.5. The van der Waals surface area contributed by atoms with Crippen LogP contribution in [0.5, 0.6) is 11.5 Å². The summed E-state index contributed by atoms with van der Waals surface area (Å²) in [6.07, 6.45) is 5.55. The quantitative estimate of drug-likeness (QED) is 0.0745. The van der Waals surface area contributed by atoms with Crippen LogP contribution in [0.2, 0.25) is 0 Å². The van der Waals surface area contributed by atoms with Crippen molar-refractivity contribution in [3.8, 4) is 11.5 Å². The number of carbonyl (C=O) groups is 4. The number of esters is 1. The second-order valence-corrected chi connectivity index (χ2v) is 14.0. The maximum absolute atomic E-state index is 14.2. The minimum atomic E-state index is -0.975. The van der Waals surface area contributed by atoms with Crippen LogP contribution in [-0.4, -0.2) is 104 Å². The van der Waals surface area contributed by atoms with Crippen LogP contribution in [-0.2, 0) is 26.0 Å². The summed E-state index contributed by atoms with van der Waals surface area (Å²) < 4.78 is 36.3. The standard InChI is InChI=1S/C41H51N5O11/c1-5-19-56-41(51)46-31-24-34(33(52-3)23-29(31)38(49)45-18-8-6-11-30(45)39(46)57-36-13-7-9-20-55-36)54-21-10-12-35(47)42-28-22-32(44(2)25-28)37(48)43-27-16-14-26(15-17-27)40(50)53-4/h5,14-17,22-25,30,35-36,39,42,47H,1,6-13,18-21H2,2-4H3,(H,43,48)/t30-,35?,36?,39?/m0/s1. The Morgan fingerprint density at radius 1 is 1.04 bits per heavy atom. The molecular formula is C41H51N5O11. The zero-order valence-electron chi connectivity index (χ0n) is 32.6. The van der Waals surface area contributed by atoms with Crippen LogP contribution in [0.4, 0.5) is 21.9 Å². The van der Waals surface area contributed by atoms with Crippen molar-refractivity contribution in [3.63, 3.8) is 0 Å². The number of benzene rings is 2. The Bertz CT molecular complexity index is 1910. The van der Waals surface area contributed by atoms with E-state index in [4.69, 9.17) is 28.4 Å². The smallest absolute Gasteiger partial charge is 0.416 e. The highest BCUT2D eigenvalue weighted by molar-refractivity contribution is 6.06. The molecule has 3 N–H and O–H groups in total. The van der Waals surface area contributed by atoms with E-state index >= 15 is 0 Å². The lowest BCUT2D eigenvalue weighted by Gasteiger charge is -2.42. The fraction of sp³-hybridized carbons (Fsp3) is 0.463. The molecule has 0 radical (unpaired) electrons. The molecule has 16 nitrogen and oxygen atoms in total. The number of anilines is 3. The van der Waals surface area contributed by atoms with Crippen LogP contribution in [0, 0.1) is 0 Å². The topological polar surface area (TPSA) is 179 Å². The molecule has 4 atom stereocenters. The van der Waals surface area contributed by atoms with Crippen LogP contribution >= 0.6 is 0 Å². The Morgan fingerprint density at radius 3 is 2.54 bits per heavy atom. The van der Waals surface area contributed by atoms with Crippen LogP contribution < -0.4 is 25.0 Å². The lowest BCUT2D eigenvalue weighted by Crippen LogP contribution is -2.57. The summed E-state index contributed by atoms with van der Waals surface area (Å²) in [6, 6.07) is 10.7. The number of aryl methyl sites for hydroxylation is 1. The minimum Gasteiger partial charge on any atom is -0.493 e. The number of aliphatic hydroxyl groups excluding tert-OH is 1. The minimum absolute atomic E-state index is 0.0405. The zero-order valence-corrected chi connectivity index (χ0v) is 32.6. The maximum atomic E-state index is 14.2. The van der Waals surface area contributed by atoms with E-state index in [0.29, 0.717) is 66.5 Å². The maximum Gasteiger partial charge on any atom is 0.416 e. The van der Waals surface area contributed by atoms with Crippen LogP contribution in [0.15, 0.2) is 61.3 Å². The third-order valence-corrected chi connectivity index (χ3v) is 10.1. The molecule has 3 amide bonds. The van der Waals surface area contributed by atoms with E-state index in [1.807, 2.05) is 0 Å². The summed E-state index contributed by atoms with van der Waals surface area (Å²) in [5.41, 5.74) is 2.26. The van der Waals surface area contributed by atoms with E-state index in [1.54, 1.807) is 65.2 Å². The fourth-order valence-electron chi connectivity index (χ4n) is 7.28. The number of hydrogen-bond acceptors (Lipinski definition) is 12. The van der Waals surface area contributed by atoms with E-state index in [9.17, 15) is 24.3 Å². The number of aromatic nitrogens is 1. The molecule has 0 saturated carbocycles. The molecule has 3 aromatic rings. The summed E-state index contributed by atoms with van der Waals surface area (Å²) in [5, 5.41) is 16.7. The largest absolute Gasteiger partial charge is 0.493 e. The molecule has 2 fully saturated rings. The number of fused-ring (bicyclic) bond motifs is 2. The number of rotatable bonds is 15. The molecule has 0 bridgehead atoms. The number of nitrogens with zero attached hydrogens (tertiary/aromatic N) is 3. The number of carbonyl (C=O) groups excluding carboxylic acids is 4. The van der Waals surface area contributed by atoms with E-state index in [2.05, 4.69) is 17.2 Å². The number of piperidine rings is 1. The van der Waals surface area contributed by atoms with Gasteiger partial charge in [0, 0.05) is 38.1 Å². The lowest BCUT2D eigenvalue weighted by atomic mass is 10.00. The lowest BCUT2D eigenvalue weighted by molar-refractivity contribution is -0.198. The van der Waals surface area contributed by atoms with Gasteiger partial charge in [0.15, 0.2) is 24.0 Å². The van der Waals surface area contributed by atoms with Gasteiger partial charge in [-0.05, 0) is 87.8 Å². The predicted octanol–water partition coefficient (Wildman–Crippen LogP) is 5.67. The van der Waals surface area contributed by atoms with Crippen molar-refractivity contribution >= 4 is 40.9 Å². The van der Waals surface area contributed by atoms with Gasteiger partial charge in [-0.3, -0.25) is 9.59 Å². The summed E-state index contributed by atoms with van der Waals surface area (Å²) in [7, 11) is 4.49. The van der Waals surface area contributed by atoms with Crippen molar-refractivity contribution in [2.24, 2.45) is 7.05 Å². The Hall–Kier alpha value is -5.58. The average Bonchev–Trinajstić information content (AvgIpc) is 3.56. The van der Waals surface area contributed by atoms with Crippen LogP contribution in [0.1, 0.15) is 82.6 Å². The first-order valence-electron chi connectivity index (χ1n) is 19.2. The molecule has 0 aliphatic carbocycles. The number of ether oxygens (including phenoxy) is 6. The highest BCUT2D eigenvalue weighted by Crippen LogP contribution is 2.42. The molecule has 16 heteroatoms. The highest BCUT2D eigenvalue weighted by Gasteiger charge is 2.47. The number of aliphatic hydroxyl groups is 1. The molecule has 3 aliphatic heterocycles. The van der Waals surface area contributed by atoms with Gasteiger partial charge < -0.3 is 53.6 Å². The van der Waals surface area contributed by atoms with Crippen molar-refractivity contribution in [2.45, 2.75) is 76.2 Å². The van der Waals surface area contributed by atoms with Crippen LogP contribution in [0.3, 0.4) is 0 Å². The Labute approximate surface area is 331 Å². The molecule has 3 aliphatic rings. The third-order valence-electron chi connectivity index (χ3n) is 10.1. The van der Waals surface area contributed by atoms with Crippen molar-refractivity contribution in [2.75, 3.05) is 56.1 Å². The van der Waals surface area contributed by atoms with Gasteiger partial charge in [0.1, 0.15) is 18.5 Å². The monoisotopic (exact) mass is 789 g/mol.